The maximum absolute atomic E-state index is 13.4. The van der Waals surface area contributed by atoms with E-state index in [9.17, 15) is 9.59 Å². The Kier molecular flexibility index (Phi) is 5.34. The molecule has 2 aromatic heterocycles. The third-order valence-electron chi connectivity index (χ3n) is 5.02. The average molecular weight is 424 g/mol. The topological polar surface area (TPSA) is 55.5 Å². The van der Waals surface area contributed by atoms with Crippen LogP contribution in [-0.2, 0) is 11.3 Å². The third-order valence-corrected chi connectivity index (χ3v) is 6.43. The number of benzene rings is 2. The summed E-state index contributed by atoms with van der Waals surface area (Å²) in [7, 11) is 0. The van der Waals surface area contributed by atoms with Crippen molar-refractivity contribution in [3.63, 3.8) is 0 Å². The zero-order valence-corrected chi connectivity index (χ0v) is 17.8. The molecule has 2 heterocycles. The second kappa shape index (κ2) is 7.93. The van der Waals surface area contributed by atoms with Crippen molar-refractivity contribution in [2.75, 3.05) is 0 Å². The van der Waals surface area contributed by atoms with Crippen LogP contribution in [0, 0.1) is 3.95 Å². The Morgan fingerprint density at radius 2 is 1.83 bits per heavy atom. The Morgan fingerprint density at radius 1 is 1.14 bits per heavy atom. The standard InChI is InChI=1S/C22H21N3O2S2/c1-3-14(2)23-18(26)13-24-20-19(15-9-5-4-6-10-15)29-22(28)25(20)17-12-8-7-11-16(17)21(24)27/h4-12,14H,3,13H2,1-2H3,(H,23,26). The highest BCUT2D eigenvalue weighted by atomic mass is 32.1. The zero-order valence-electron chi connectivity index (χ0n) is 16.2. The first-order valence-electron chi connectivity index (χ1n) is 9.53. The van der Waals surface area contributed by atoms with E-state index in [1.54, 1.807) is 10.6 Å². The van der Waals surface area contributed by atoms with Crippen molar-refractivity contribution in [3.8, 4) is 10.4 Å². The fraction of sp³-hybridized carbons (Fsp3) is 0.227. The number of para-hydroxylation sites is 1. The molecular formula is C22H21N3O2S2. The molecule has 0 aliphatic carbocycles. The summed E-state index contributed by atoms with van der Waals surface area (Å²) in [5.74, 6) is -0.185. The Balaban J connectivity index is 2.04. The molecule has 0 bridgehead atoms. The highest BCUT2D eigenvalue weighted by Gasteiger charge is 2.20. The number of rotatable bonds is 5. The molecule has 148 valence electrons. The van der Waals surface area contributed by atoms with Crippen LogP contribution < -0.4 is 10.9 Å². The number of thiazole rings is 1. The molecule has 1 atom stereocenters. The lowest BCUT2D eigenvalue weighted by atomic mass is 10.2. The van der Waals surface area contributed by atoms with Gasteiger partial charge in [0, 0.05) is 6.04 Å². The monoisotopic (exact) mass is 423 g/mol. The van der Waals surface area contributed by atoms with Gasteiger partial charge in [0.25, 0.3) is 5.56 Å². The van der Waals surface area contributed by atoms with Gasteiger partial charge in [-0.3, -0.25) is 18.6 Å². The second-order valence-electron chi connectivity index (χ2n) is 7.01. The van der Waals surface area contributed by atoms with Gasteiger partial charge in [-0.15, -0.1) is 11.3 Å². The number of hydrogen-bond donors (Lipinski definition) is 1. The first-order valence-corrected chi connectivity index (χ1v) is 10.8. The summed E-state index contributed by atoms with van der Waals surface area (Å²) in [6.45, 7) is 3.91. The number of aromatic nitrogens is 2. The van der Waals surface area contributed by atoms with E-state index in [0.29, 0.717) is 15.0 Å². The molecule has 7 heteroatoms. The van der Waals surface area contributed by atoms with Crippen LogP contribution in [-0.4, -0.2) is 20.9 Å². The van der Waals surface area contributed by atoms with Gasteiger partial charge >= 0.3 is 0 Å². The third kappa shape index (κ3) is 3.52. The molecule has 0 fully saturated rings. The van der Waals surface area contributed by atoms with E-state index in [4.69, 9.17) is 12.2 Å². The van der Waals surface area contributed by atoms with Crippen molar-refractivity contribution in [3.05, 3.63) is 68.9 Å². The Bertz CT molecular complexity index is 1320. The minimum atomic E-state index is -0.190. The molecule has 0 aliphatic rings. The number of nitrogens with zero attached hydrogens (tertiary/aromatic N) is 2. The molecule has 4 rings (SSSR count). The van der Waals surface area contributed by atoms with Crippen LogP contribution in [0.5, 0.6) is 0 Å². The molecule has 1 unspecified atom stereocenters. The van der Waals surface area contributed by atoms with Crippen molar-refractivity contribution >= 4 is 46.0 Å². The van der Waals surface area contributed by atoms with E-state index in [1.165, 1.54) is 11.3 Å². The van der Waals surface area contributed by atoms with Gasteiger partial charge in [-0.2, -0.15) is 0 Å². The van der Waals surface area contributed by atoms with Crippen LogP contribution in [0.2, 0.25) is 0 Å². The molecule has 0 saturated carbocycles. The number of hydrogen-bond acceptors (Lipinski definition) is 4. The van der Waals surface area contributed by atoms with Crippen LogP contribution >= 0.6 is 23.6 Å². The van der Waals surface area contributed by atoms with Crippen LogP contribution in [0.25, 0.3) is 27.0 Å². The molecule has 29 heavy (non-hydrogen) atoms. The molecule has 4 aromatic rings. The number of amides is 1. The lowest BCUT2D eigenvalue weighted by Gasteiger charge is -2.15. The van der Waals surface area contributed by atoms with Crippen LogP contribution in [0.4, 0.5) is 0 Å². The van der Waals surface area contributed by atoms with E-state index in [1.807, 2.05) is 66.8 Å². The minimum absolute atomic E-state index is 0.0485. The highest BCUT2D eigenvalue weighted by Crippen LogP contribution is 2.32. The number of carbonyl (C=O) groups is 1. The van der Waals surface area contributed by atoms with Gasteiger partial charge in [-0.1, -0.05) is 49.4 Å². The normalized spacial score (nSPS) is 12.3. The average Bonchev–Trinajstić information content (AvgIpc) is 3.09. The fourth-order valence-electron chi connectivity index (χ4n) is 3.40. The molecule has 1 amide bonds. The van der Waals surface area contributed by atoms with Gasteiger partial charge in [0.1, 0.15) is 12.2 Å². The van der Waals surface area contributed by atoms with Crippen LogP contribution in [0.15, 0.2) is 59.4 Å². The largest absolute Gasteiger partial charge is 0.352 e. The highest BCUT2D eigenvalue weighted by molar-refractivity contribution is 7.73. The summed E-state index contributed by atoms with van der Waals surface area (Å²) >= 11 is 7.12. The zero-order chi connectivity index (χ0) is 20.5. The summed E-state index contributed by atoms with van der Waals surface area (Å²) in [5.41, 5.74) is 2.20. The second-order valence-corrected chi connectivity index (χ2v) is 8.65. The molecule has 0 radical (unpaired) electrons. The van der Waals surface area contributed by atoms with E-state index in [2.05, 4.69) is 5.32 Å². The van der Waals surface area contributed by atoms with Gasteiger partial charge in [0.05, 0.1) is 15.8 Å². The number of carbonyl (C=O) groups excluding carboxylic acids is 1. The maximum atomic E-state index is 13.4. The Hall–Kier alpha value is -2.77. The number of fused-ring (bicyclic) bond motifs is 3. The van der Waals surface area contributed by atoms with E-state index < -0.39 is 0 Å². The van der Waals surface area contributed by atoms with Crippen molar-refractivity contribution in [1.82, 2.24) is 14.3 Å². The molecule has 0 aliphatic heterocycles. The molecular weight excluding hydrogens is 402 g/mol. The smallest absolute Gasteiger partial charge is 0.262 e. The SMILES string of the molecule is CCC(C)NC(=O)Cn1c(=O)c2ccccc2n2c(=S)sc(-c3ccccc3)c12. The summed E-state index contributed by atoms with van der Waals surface area (Å²) < 4.78 is 4.11. The van der Waals surface area contributed by atoms with Gasteiger partial charge in [-0.25, -0.2) is 0 Å². The predicted molar refractivity (Wildman–Crippen MR) is 121 cm³/mol. The van der Waals surface area contributed by atoms with Crippen molar-refractivity contribution in [2.45, 2.75) is 32.9 Å². The maximum Gasteiger partial charge on any atom is 0.262 e. The van der Waals surface area contributed by atoms with E-state index in [-0.39, 0.29) is 24.1 Å². The summed E-state index contributed by atoms with van der Waals surface area (Å²) in [6, 6.07) is 17.3. The first kappa shape index (κ1) is 19.5. The molecule has 5 nitrogen and oxygen atoms in total. The van der Waals surface area contributed by atoms with E-state index in [0.717, 1.165) is 22.4 Å². The van der Waals surface area contributed by atoms with Gasteiger partial charge in [-0.05, 0) is 43.3 Å². The van der Waals surface area contributed by atoms with E-state index >= 15 is 0 Å². The lowest BCUT2D eigenvalue weighted by molar-refractivity contribution is -0.122. The number of nitrogens with one attached hydrogen (secondary N) is 1. The van der Waals surface area contributed by atoms with Crippen molar-refractivity contribution in [2.24, 2.45) is 0 Å². The van der Waals surface area contributed by atoms with Crippen molar-refractivity contribution in [1.29, 1.82) is 0 Å². The Labute approximate surface area is 177 Å². The van der Waals surface area contributed by atoms with Gasteiger partial charge in [0.15, 0.2) is 3.95 Å². The molecule has 1 N–H and O–H groups in total. The summed E-state index contributed by atoms with van der Waals surface area (Å²) in [5, 5.41) is 3.50. The molecule has 0 saturated heterocycles. The van der Waals surface area contributed by atoms with Crippen molar-refractivity contribution < 1.29 is 4.79 Å². The van der Waals surface area contributed by atoms with Crippen LogP contribution in [0.1, 0.15) is 20.3 Å². The predicted octanol–water partition coefficient (Wildman–Crippen LogP) is 4.63. The first-order chi connectivity index (χ1) is 14.0. The van der Waals surface area contributed by atoms with Gasteiger partial charge < -0.3 is 5.32 Å². The quantitative estimate of drug-likeness (QED) is 0.476. The van der Waals surface area contributed by atoms with Gasteiger partial charge in [0.2, 0.25) is 5.91 Å². The van der Waals surface area contributed by atoms with Crippen LogP contribution in [0.3, 0.4) is 0 Å². The fourth-order valence-corrected chi connectivity index (χ4v) is 4.84. The Morgan fingerprint density at radius 3 is 2.55 bits per heavy atom. The molecule has 0 spiro atoms. The summed E-state index contributed by atoms with van der Waals surface area (Å²) in [6.07, 6.45) is 0.826. The minimum Gasteiger partial charge on any atom is -0.352 e. The summed E-state index contributed by atoms with van der Waals surface area (Å²) in [4.78, 5) is 26.9. The lowest BCUT2D eigenvalue weighted by Crippen LogP contribution is -2.37. The molecule has 2 aromatic carbocycles.